The van der Waals surface area contributed by atoms with Gasteiger partial charge in [-0.25, -0.2) is 0 Å². The molecule has 0 bridgehead atoms. The minimum Gasteiger partial charge on any atom is -0.394 e. The van der Waals surface area contributed by atoms with Gasteiger partial charge in [0.05, 0.1) is 18.8 Å². The maximum Gasteiger partial charge on any atom is 0.220 e. The lowest BCUT2D eigenvalue weighted by molar-refractivity contribution is -0.124. The Morgan fingerprint density at radius 3 is 0.960 bits per heavy atom. The number of nitrogens with one attached hydrogen (secondary N) is 1. The topological polar surface area (TPSA) is 89.8 Å². The smallest absolute Gasteiger partial charge is 0.220 e. The van der Waals surface area contributed by atoms with E-state index in [4.69, 9.17) is 0 Å². The third kappa shape index (κ3) is 35.7. The van der Waals surface area contributed by atoms with E-state index in [1.54, 1.807) is 0 Å². The lowest BCUT2D eigenvalue weighted by Crippen LogP contribution is -2.50. The van der Waals surface area contributed by atoms with E-state index in [0.717, 1.165) is 32.1 Å². The lowest BCUT2D eigenvalue weighted by atomic mass is 9.99. The molecule has 0 aromatic rings. The molecular formula is C45H91NO4. The Kier molecular flexibility index (Phi) is 40.6. The van der Waals surface area contributed by atoms with E-state index in [2.05, 4.69) is 19.2 Å². The molecule has 0 saturated carbocycles. The maximum absolute atomic E-state index is 12.4. The van der Waals surface area contributed by atoms with Gasteiger partial charge in [-0.3, -0.25) is 4.79 Å². The van der Waals surface area contributed by atoms with Gasteiger partial charge in [-0.15, -0.1) is 0 Å². The van der Waals surface area contributed by atoms with Gasteiger partial charge < -0.3 is 20.6 Å². The van der Waals surface area contributed by atoms with Crippen LogP contribution in [0.5, 0.6) is 0 Å². The van der Waals surface area contributed by atoms with Crippen LogP contribution in [0, 0.1) is 0 Å². The monoisotopic (exact) mass is 710 g/mol. The molecule has 3 atom stereocenters. The molecule has 0 radical (unpaired) electrons. The molecule has 0 saturated heterocycles. The van der Waals surface area contributed by atoms with Crippen LogP contribution in [0.1, 0.15) is 258 Å². The van der Waals surface area contributed by atoms with E-state index in [1.165, 1.54) is 199 Å². The number of carbonyl (C=O) groups is 1. The van der Waals surface area contributed by atoms with Crippen molar-refractivity contribution in [3.05, 3.63) is 0 Å². The zero-order valence-electron chi connectivity index (χ0n) is 34.1. The molecule has 0 spiro atoms. The molecule has 300 valence electrons. The second-order valence-electron chi connectivity index (χ2n) is 16.0. The zero-order chi connectivity index (χ0) is 36.6. The Balaban J connectivity index is 3.55. The van der Waals surface area contributed by atoms with Gasteiger partial charge in [0, 0.05) is 6.42 Å². The molecule has 0 aromatic carbocycles. The maximum atomic E-state index is 12.4. The van der Waals surface area contributed by atoms with Crippen LogP contribution in [0.3, 0.4) is 0 Å². The van der Waals surface area contributed by atoms with Crippen molar-refractivity contribution in [1.82, 2.24) is 5.32 Å². The summed E-state index contributed by atoms with van der Waals surface area (Å²) in [5, 5.41) is 33.5. The van der Waals surface area contributed by atoms with Crippen molar-refractivity contribution in [1.29, 1.82) is 0 Å². The number of aliphatic hydroxyl groups is 3. The van der Waals surface area contributed by atoms with Crippen molar-refractivity contribution in [2.24, 2.45) is 0 Å². The van der Waals surface area contributed by atoms with Gasteiger partial charge in [0.1, 0.15) is 6.10 Å². The first kappa shape index (κ1) is 49.4. The molecule has 0 fully saturated rings. The highest BCUT2D eigenvalue weighted by Crippen LogP contribution is 2.17. The molecule has 1 amide bonds. The van der Waals surface area contributed by atoms with Gasteiger partial charge in [-0.2, -0.15) is 0 Å². The van der Waals surface area contributed by atoms with Gasteiger partial charge in [-0.05, 0) is 12.8 Å². The van der Waals surface area contributed by atoms with Gasteiger partial charge in [0.15, 0.2) is 0 Å². The van der Waals surface area contributed by atoms with E-state index >= 15 is 0 Å². The van der Waals surface area contributed by atoms with Crippen molar-refractivity contribution in [3.63, 3.8) is 0 Å². The van der Waals surface area contributed by atoms with Crippen molar-refractivity contribution in [3.8, 4) is 0 Å². The van der Waals surface area contributed by atoms with Crippen molar-refractivity contribution in [2.75, 3.05) is 6.61 Å². The third-order valence-corrected chi connectivity index (χ3v) is 11.0. The summed E-state index contributed by atoms with van der Waals surface area (Å²) in [5.74, 6) is -0.139. The fraction of sp³-hybridized carbons (Fsp3) is 0.978. The Morgan fingerprint density at radius 2 is 0.680 bits per heavy atom. The summed E-state index contributed by atoms with van der Waals surface area (Å²) in [6, 6.07) is -0.802. The van der Waals surface area contributed by atoms with Crippen molar-refractivity contribution < 1.29 is 20.1 Å². The molecule has 0 aliphatic carbocycles. The highest BCUT2D eigenvalue weighted by Gasteiger charge is 2.26. The zero-order valence-corrected chi connectivity index (χ0v) is 34.1. The SMILES string of the molecule is CCCCCCCCCCCCCCCCCCCCCCCCC(=O)N[C@@H](CO)[C@H](O)[C@H](O)CCCCCCCCCCCCCCCC. The van der Waals surface area contributed by atoms with Crippen LogP contribution in [0.25, 0.3) is 0 Å². The van der Waals surface area contributed by atoms with Crippen LogP contribution in [0.4, 0.5) is 0 Å². The molecule has 0 aliphatic rings. The number of rotatable bonds is 42. The largest absolute Gasteiger partial charge is 0.394 e. The van der Waals surface area contributed by atoms with Crippen LogP contribution in [-0.2, 0) is 4.79 Å². The first-order valence-electron chi connectivity index (χ1n) is 22.8. The summed E-state index contributed by atoms with van der Waals surface area (Å²) in [7, 11) is 0. The molecule has 0 rings (SSSR count). The normalized spacial score (nSPS) is 13.5. The Bertz CT molecular complexity index is 659. The average Bonchev–Trinajstić information content (AvgIpc) is 3.12. The van der Waals surface area contributed by atoms with E-state index < -0.39 is 18.2 Å². The van der Waals surface area contributed by atoms with Gasteiger partial charge in [0.2, 0.25) is 5.91 Å². The van der Waals surface area contributed by atoms with E-state index in [1.807, 2.05) is 0 Å². The summed E-state index contributed by atoms with van der Waals surface area (Å²) >= 11 is 0. The van der Waals surface area contributed by atoms with Crippen molar-refractivity contribution in [2.45, 2.75) is 276 Å². The number of aliphatic hydroxyl groups excluding tert-OH is 3. The molecular weight excluding hydrogens is 618 g/mol. The summed E-state index contributed by atoms with van der Waals surface area (Å²) in [4.78, 5) is 12.4. The molecule has 0 aliphatic heterocycles. The fourth-order valence-corrected chi connectivity index (χ4v) is 7.40. The molecule has 5 heteroatoms. The van der Waals surface area contributed by atoms with Crippen LogP contribution in [0.2, 0.25) is 0 Å². The van der Waals surface area contributed by atoms with E-state index in [-0.39, 0.29) is 12.5 Å². The number of hydrogen-bond acceptors (Lipinski definition) is 4. The molecule has 0 aromatic heterocycles. The number of unbranched alkanes of at least 4 members (excludes halogenated alkanes) is 34. The minimum atomic E-state index is -1.13. The Morgan fingerprint density at radius 1 is 0.420 bits per heavy atom. The second kappa shape index (κ2) is 41.1. The second-order valence-corrected chi connectivity index (χ2v) is 16.0. The Hall–Kier alpha value is -0.650. The third-order valence-electron chi connectivity index (χ3n) is 11.0. The molecule has 50 heavy (non-hydrogen) atoms. The summed E-state index contributed by atoms with van der Waals surface area (Å²) < 4.78 is 0. The van der Waals surface area contributed by atoms with Gasteiger partial charge in [0.25, 0.3) is 0 Å². The quantitative estimate of drug-likeness (QED) is 0.0475. The van der Waals surface area contributed by atoms with Crippen LogP contribution >= 0.6 is 0 Å². The molecule has 0 heterocycles. The Labute approximate surface area is 313 Å². The predicted molar refractivity (Wildman–Crippen MR) is 218 cm³/mol. The van der Waals surface area contributed by atoms with Crippen molar-refractivity contribution >= 4 is 5.91 Å². The first-order chi connectivity index (χ1) is 24.6. The summed E-state index contributed by atoms with van der Waals surface area (Å²) in [6.07, 6.45) is 46.4. The number of carbonyl (C=O) groups excluding carboxylic acids is 1. The molecule has 4 N–H and O–H groups in total. The summed E-state index contributed by atoms with van der Waals surface area (Å²) in [5.41, 5.74) is 0. The highest BCUT2D eigenvalue weighted by atomic mass is 16.3. The highest BCUT2D eigenvalue weighted by molar-refractivity contribution is 5.76. The fourth-order valence-electron chi connectivity index (χ4n) is 7.40. The summed E-state index contributed by atoms with van der Waals surface area (Å²) in [6.45, 7) is 4.20. The van der Waals surface area contributed by atoms with Gasteiger partial charge >= 0.3 is 0 Å². The molecule has 5 nitrogen and oxygen atoms in total. The number of amides is 1. The first-order valence-corrected chi connectivity index (χ1v) is 22.8. The average molecular weight is 710 g/mol. The minimum absolute atomic E-state index is 0.139. The number of hydrogen-bond donors (Lipinski definition) is 4. The van der Waals surface area contributed by atoms with E-state index in [0.29, 0.717) is 12.8 Å². The predicted octanol–water partition coefficient (Wildman–Crippen LogP) is 13.0. The van der Waals surface area contributed by atoms with E-state index in [9.17, 15) is 20.1 Å². The molecule has 0 unspecified atom stereocenters. The van der Waals surface area contributed by atoms with Crippen LogP contribution in [0.15, 0.2) is 0 Å². The van der Waals surface area contributed by atoms with Gasteiger partial charge in [-0.1, -0.05) is 239 Å². The van der Waals surface area contributed by atoms with Crippen LogP contribution in [-0.4, -0.2) is 46.1 Å². The lowest BCUT2D eigenvalue weighted by Gasteiger charge is -2.26. The van der Waals surface area contributed by atoms with Crippen LogP contribution < -0.4 is 5.32 Å². The standard InChI is InChI=1S/C45H91NO4/c1-3-5-7-9-11-13-15-17-19-20-21-22-23-24-25-26-28-30-32-34-36-38-40-44(49)46-42(41-47)45(50)43(48)39-37-35-33-31-29-27-18-16-14-12-10-8-6-4-2/h42-43,45,47-48,50H,3-41H2,1-2H3,(H,46,49)/t42-,43+,45-/m0/s1.